The molecule has 0 spiro atoms. The van der Waals surface area contributed by atoms with Gasteiger partial charge in [0.15, 0.2) is 17.3 Å². The molecular weight excluding hydrogens is 389 g/mol. The molecular formula is C15H13BrFNO4S. The van der Waals surface area contributed by atoms with Gasteiger partial charge in [-0.05, 0) is 35.9 Å². The summed E-state index contributed by atoms with van der Waals surface area (Å²) in [6, 6.07) is 8.31. The molecule has 0 aliphatic rings. The quantitative estimate of drug-likeness (QED) is 0.780. The van der Waals surface area contributed by atoms with E-state index in [0.717, 1.165) is 6.07 Å². The number of rotatable bonds is 5. The number of primary sulfonamides is 1. The van der Waals surface area contributed by atoms with Crippen molar-refractivity contribution in [2.45, 2.75) is 5.75 Å². The van der Waals surface area contributed by atoms with Crippen molar-refractivity contribution in [1.82, 2.24) is 0 Å². The Kier molecular flexibility index (Phi) is 5.18. The summed E-state index contributed by atoms with van der Waals surface area (Å²) >= 11 is 3.24. The molecule has 2 aromatic carbocycles. The van der Waals surface area contributed by atoms with Gasteiger partial charge >= 0.3 is 0 Å². The number of hydrogen-bond acceptors (Lipinski definition) is 4. The van der Waals surface area contributed by atoms with Gasteiger partial charge in [-0.2, -0.15) is 0 Å². The maximum atomic E-state index is 13.4. The first-order chi connectivity index (χ1) is 10.7. The lowest BCUT2D eigenvalue weighted by molar-refractivity contribution is 0.103. The van der Waals surface area contributed by atoms with Gasteiger partial charge in [0, 0.05) is 15.6 Å². The van der Waals surface area contributed by atoms with Gasteiger partial charge in [-0.15, -0.1) is 0 Å². The van der Waals surface area contributed by atoms with Gasteiger partial charge in [0.1, 0.15) is 0 Å². The van der Waals surface area contributed by atoms with E-state index in [4.69, 9.17) is 9.88 Å². The van der Waals surface area contributed by atoms with Crippen molar-refractivity contribution in [1.29, 1.82) is 0 Å². The van der Waals surface area contributed by atoms with Crippen molar-refractivity contribution in [2.24, 2.45) is 5.14 Å². The predicted octanol–water partition coefficient (Wildman–Crippen LogP) is 2.62. The summed E-state index contributed by atoms with van der Waals surface area (Å²) in [5.74, 6) is -1.27. The molecule has 0 bridgehead atoms. The third-order valence-corrected chi connectivity index (χ3v) is 4.45. The monoisotopic (exact) mass is 401 g/mol. The second-order valence-electron chi connectivity index (χ2n) is 4.80. The van der Waals surface area contributed by atoms with Crippen LogP contribution in [-0.2, 0) is 15.8 Å². The van der Waals surface area contributed by atoms with E-state index < -0.39 is 15.8 Å². The fourth-order valence-electron chi connectivity index (χ4n) is 2.02. The average Bonchev–Trinajstić information content (AvgIpc) is 2.45. The first kappa shape index (κ1) is 17.6. The fraction of sp³-hybridized carbons (Fsp3) is 0.133. The average molecular weight is 402 g/mol. The number of halogens is 2. The molecule has 0 aromatic heterocycles. The van der Waals surface area contributed by atoms with Crippen LogP contribution in [0.1, 0.15) is 21.5 Å². The molecule has 0 heterocycles. The number of carbonyl (C=O) groups is 1. The summed E-state index contributed by atoms with van der Waals surface area (Å²) in [6.45, 7) is 0. The number of carbonyl (C=O) groups excluding carboxylic acids is 1. The van der Waals surface area contributed by atoms with Crippen LogP contribution in [-0.4, -0.2) is 21.3 Å². The molecule has 2 rings (SSSR count). The minimum absolute atomic E-state index is 0.0298. The van der Waals surface area contributed by atoms with Crippen LogP contribution in [0.25, 0.3) is 0 Å². The Hall–Kier alpha value is -1.77. The lowest BCUT2D eigenvalue weighted by Crippen LogP contribution is -2.14. The lowest BCUT2D eigenvalue weighted by Gasteiger charge is -2.08. The third-order valence-electron chi connectivity index (χ3n) is 3.06. The molecule has 2 aromatic rings. The Morgan fingerprint density at radius 3 is 2.52 bits per heavy atom. The molecule has 5 nitrogen and oxygen atoms in total. The molecule has 0 atom stereocenters. The van der Waals surface area contributed by atoms with Crippen LogP contribution in [0.2, 0.25) is 0 Å². The molecule has 122 valence electrons. The Morgan fingerprint density at radius 1 is 1.26 bits per heavy atom. The largest absolute Gasteiger partial charge is 0.494 e. The number of methoxy groups -OCH3 is 1. The zero-order valence-corrected chi connectivity index (χ0v) is 14.4. The first-order valence-corrected chi connectivity index (χ1v) is 8.89. The molecule has 0 radical (unpaired) electrons. The smallest absolute Gasteiger partial charge is 0.213 e. The predicted molar refractivity (Wildman–Crippen MR) is 87.3 cm³/mol. The highest BCUT2D eigenvalue weighted by molar-refractivity contribution is 9.10. The summed E-state index contributed by atoms with van der Waals surface area (Å²) in [7, 11) is -2.35. The summed E-state index contributed by atoms with van der Waals surface area (Å²) in [6.07, 6.45) is 0. The molecule has 0 fully saturated rings. The molecule has 8 heteroatoms. The van der Waals surface area contributed by atoms with E-state index in [0.29, 0.717) is 15.6 Å². The zero-order valence-electron chi connectivity index (χ0n) is 12.0. The van der Waals surface area contributed by atoms with E-state index in [9.17, 15) is 17.6 Å². The summed E-state index contributed by atoms with van der Waals surface area (Å²) < 4.78 is 40.9. The van der Waals surface area contributed by atoms with Crippen LogP contribution in [0.4, 0.5) is 4.39 Å². The normalized spacial score (nSPS) is 11.3. The van der Waals surface area contributed by atoms with Crippen LogP contribution in [0, 0.1) is 5.82 Å². The minimum Gasteiger partial charge on any atom is -0.494 e. The van der Waals surface area contributed by atoms with Crippen molar-refractivity contribution >= 4 is 31.7 Å². The van der Waals surface area contributed by atoms with Crippen molar-refractivity contribution in [3.05, 3.63) is 63.4 Å². The number of ether oxygens (including phenoxy) is 1. The summed E-state index contributed by atoms with van der Waals surface area (Å²) in [4.78, 5) is 12.5. The molecule has 0 aliphatic heterocycles. The molecule has 0 aliphatic carbocycles. The standard InChI is InChI=1S/C15H13BrFNO4S/c1-22-14-7-10(3-5-13(14)17)15(19)11-4-2-9(6-12(11)16)8-23(18,20)21/h2-7H,8H2,1H3,(H2,18,20,21). The SMILES string of the molecule is COc1cc(C(=O)c2ccc(CS(N)(=O)=O)cc2Br)ccc1F. The highest BCUT2D eigenvalue weighted by Crippen LogP contribution is 2.25. The van der Waals surface area contributed by atoms with Gasteiger partial charge in [-0.3, -0.25) is 4.79 Å². The Labute approximate surface area is 141 Å². The zero-order chi connectivity index (χ0) is 17.2. The molecule has 0 saturated heterocycles. The lowest BCUT2D eigenvalue weighted by atomic mass is 10.0. The number of benzene rings is 2. The second-order valence-corrected chi connectivity index (χ2v) is 7.27. The maximum Gasteiger partial charge on any atom is 0.213 e. The second kappa shape index (κ2) is 6.77. The van der Waals surface area contributed by atoms with Crippen molar-refractivity contribution in [3.63, 3.8) is 0 Å². The Balaban J connectivity index is 2.36. The van der Waals surface area contributed by atoms with Gasteiger partial charge in [0.25, 0.3) is 0 Å². The number of sulfonamides is 1. The molecule has 23 heavy (non-hydrogen) atoms. The molecule has 0 amide bonds. The van der Waals surface area contributed by atoms with E-state index in [1.54, 1.807) is 0 Å². The topological polar surface area (TPSA) is 86.5 Å². The number of ketones is 1. The number of nitrogens with two attached hydrogens (primary N) is 1. The van der Waals surface area contributed by atoms with Gasteiger partial charge in [0.2, 0.25) is 10.0 Å². The third kappa shape index (κ3) is 4.37. The van der Waals surface area contributed by atoms with Crippen molar-refractivity contribution in [2.75, 3.05) is 7.11 Å². The maximum absolute atomic E-state index is 13.4. The Morgan fingerprint density at radius 2 is 1.96 bits per heavy atom. The van der Waals surface area contributed by atoms with Crippen LogP contribution < -0.4 is 9.88 Å². The van der Waals surface area contributed by atoms with Crippen LogP contribution in [0.5, 0.6) is 5.75 Å². The number of hydrogen-bond donors (Lipinski definition) is 1. The molecule has 2 N–H and O–H groups in total. The Bertz CT molecular complexity index is 868. The molecule has 0 unspecified atom stereocenters. The van der Waals surface area contributed by atoms with E-state index >= 15 is 0 Å². The van der Waals surface area contributed by atoms with E-state index in [2.05, 4.69) is 15.9 Å². The summed E-state index contributed by atoms with van der Waals surface area (Å²) in [5, 5.41) is 4.99. The van der Waals surface area contributed by atoms with Crippen molar-refractivity contribution < 1.29 is 22.3 Å². The van der Waals surface area contributed by atoms with Crippen LogP contribution in [0.15, 0.2) is 40.9 Å². The fourth-order valence-corrected chi connectivity index (χ4v) is 3.27. The van der Waals surface area contributed by atoms with Gasteiger partial charge in [0.05, 0.1) is 12.9 Å². The van der Waals surface area contributed by atoms with Gasteiger partial charge in [-0.25, -0.2) is 17.9 Å². The van der Waals surface area contributed by atoms with E-state index in [-0.39, 0.29) is 22.8 Å². The highest BCUT2D eigenvalue weighted by Gasteiger charge is 2.16. The van der Waals surface area contributed by atoms with E-state index in [1.165, 1.54) is 37.4 Å². The first-order valence-electron chi connectivity index (χ1n) is 6.38. The minimum atomic E-state index is -3.66. The van der Waals surface area contributed by atoms with Crippen LogP contribution in [0.3, 0.4) is 0 Å². The van der Waals surface area contributed by atoms with Gasteiger partial charge < -0.3 is 4.74 Å². The summed E-state index contributed by atoms with van der Waals surface area (Å²) in [5.41, 5.74) is 1.02. The molecule has 0 saturated carbocycles. The highest BCUT2D eigenvalue weighted by atomic mass is 79.9. The van der Waals surface area contributed by atoms with Crippen molar-refractivity contribution in [3.8, 4) is 5.75 Å². The van der Waals surface area contributed by atoms with Gasteiger partial charge in [-0.1, -0.05) is 22.0 Å². The van der Waals surface area contributed by atoms with Crippen LogP contribution >= 0.6 is 15.9 Å². The van der Waals surface area contributed by atoms with E-state index in [1.807, 2.05) is 0 Å².